The van der Waals surface area contributed by atoms with Gasteiger partial charge in [0, 0.05) is 50.5 Å². The Hall–Kier alpha value is -4.41. The highest BCUT2D eigenvalue weighted by molar-refractivity contribution is 5.87. The van der Waals surface area contributed by atoms with Crippen molar-refractivity contribution in [2.24, 2.45) is 0 Å². The molecule has 5 rings (SSSR count). The largest absolute Gasteiger partial charge is 0.495 e. The SMILES string of the molecule is CCn1cnc2c(Nc3cccc([N+](=O)[O-])c3)nc(N3CCN(c4ccccc4OC)CC3)nc21. The minimum absolute atomic E-state index is 0.00655. The monoisotopic (exact) mass is 474 g/mol. The van der Waals surface area contributed by atoms with Gasteiger partial charge in [-0.25, -0.2) is 4.98 Å². The maximum absolute atomic E-state index is 11.2. The average molecular weight is 475 g/mol. The molecule has 2 aromatic carbocycles. The number of nitrogens with zero attached hydrogens (tertiary/aromatic N) is 7. The van der Waals surface area contributed by atoms with E-state index in [-0.39, 0.29) is 5.69 Å². The second-order valence-electron chi connectivity index (χ2n) is 8.15. The van der Waals surface area contributed by atoms with Crippen LogP contribution in [0.5, 0.6) is 5.75 Å². The molecule has 0 unspecified atom stereocenters. The number of nitro groups is 1. The van der Waals surface area contributed by atoms with Crippen LogP contribution < -0.4 is 19.9 Å². The van der Waals surface area contributed by atoms with Gasteiger partial charge in [0.2, 0.25) is 5.95 Å². The summed E-state index contributed by atoms with van der Waals surface area (Å²) in [4.78, 5) is 29.4. The number of fused-ring (bicyclic) bond motifs is 1. The molecule has 0 aliphatic carbocycles. The number of aromatic nitrogens is 4. The molecule has 11 heteroatoms. The van der Waals surface area contributed by atoms with Crippen LogP contribution in [-0.4, -0.2) is 57.7 Å². The van der Waals surface area contributed by atoms with E-state index in [9.17, 15) is 10.1 Å². The number of non-ortho nitro benzene ring substituents is 1. The number of nitro benzene ring substituents is 1. The number of rotatable bonds is 7. The van der Waals surface area contributed by atoms with E-state index in [0.29, 0.717) is 29.5 Å². The van der Waals surface area contributed by atoms with Gasteiger partial charge in [0.15, 0.2) is 17.0 Å². The quantitative estimate of drug-likeness (QED) is 0.315. The summed E-state index contributed by atoms with van der Waals surface area (Å²) in [5, 5.41) is 14.4. The van der Waals surface area contributed by atoms with Crippen molar-refractivity contribution in [1.82, 2.24) is 19.5 Å². The molecule has 35 heavy (non-hydrogen) atoms. The predicted molar refractivity (Wildman–Crippen MR) is 135 cm³/mol. The second kappa shape index (κ2) is 9.45. The Morgan fingerprint density at radius 3 is 2.57 bits per heavy atom. The summed E-state index contributed by atoms with van der Waals surface area (Å²) >= 11 is 0. The van der Waals surface area contributed by atoms with Gasteiger partial charge < -0.3 is 24.4 Å². The zero-order valence-electron chi connectivity index (χ0n) is 19.6. The molecule has 0 saturated carbocycles. The van der Waals surface area contributed by atoms with E-state index in [1.165, 1.54) is 12.1 Å². The van der Waals surface area contributed by atoms with Crippen molar-refractivity contribution < 1.29 is 9.66 Å². The second-order valence-corrected chi connectivity index (χ2v) is 8.15. The number of benzene rings is 2. The number of aryl methyl sites for hydroxylation is 1. The fourth-order valence-corrected chi connectivity index (χ4v) is 4.27. The number of ether oxygens (including phenoxy) is 1. The molecule has 2 aromatic heterocycles. The molecule has 1 aliphatic heterocycles. The number of imidazole rings is 1. The van der Waals surface area contributed by atoms with E-state index in [0.717, 1.165) is 43.3 Å². The molecule has 1 saturated heterocycles. The molecule has 0 bridgehead atoms. The Labute approximate surface area is 202 Å². The third kappa shape index (κ3) is 4.39. The van der Waals surface area contributed by atoms with Crippen molar-refractivity contribution in [3.05, 3.63) is 65.0 Å². The molecule has 1 aliphatic rings. The van der Waals surface area contributed by atoms with Crippen molar-refractivity contribution in [1.29, 1.82) is 0 Å². The minimum atomic E-state index is -0.417. The van der Waals surface area contributed by atoms with Crippen molar-refractivity contribution >= 4 is 40.0 Å². The van der Waals surface area contributed by atoms with Crippen LogP contribution in [0.4, 0.5) is 28.8 Å². The number of piperazine rings is 1. The number of hydrogen-bond acceptors (Lipinski definition) is 9. The summed E-state index contributed by atoms with van der Waals surface area (Å²) in [5.41, 5.74) is 2.99. The fraction of sp³-hybridized carbons (Fsp3) is 0.292. The highest BCUT2D eigenvalue weighted by Gasteiger charge is 2.23. The fourth-order valence-electron chi connectivity index (χ4n) is 4.27. The third-order valence-corrected chi connectivity index (χ3v) is 6.10. The summed E-state index contributed by atoms with van der Waals surface area (Å²) in [5.74, 6) is 1.97. The molecular weight excluding hydrogens is 448 g/mol. The van der Waals surface area contributed by atoms with E-state index in [1.54, 1.807) is 25.6 Å². The van der Waals surface area contributed by atoms with Crippen LogP contribution in [0.15, 0.2) is 54.9 Å². The number of methoxy groups -OCH3 is 1. The highest BCUT2D eigenvalue weighted by Crippen LogP contribution is 2.30. The van der Waals surface area contributed by atoms with Crippen LogP contribution in [0.2, 0.25) is 0 Å². The van der Waals surface area contributed by atoms with Crippen LogP contribution >= 0.6 is 0 Å². The van der Waals surface area contributed by atoms with Gasteiger partial charge >= 0.3 is 0 Å². The van der Waals surface area contributed by atoms with Crippen molar-refractivity contribution in [2.75, 3.05) is 48.4 Å². The predicted octanol–water partition coefficient (Wildman–Crippen LogP) is 3.83. The van der Waals surface area contributed by atoms with E-state index in [4.69, 9.17) is 14.7 Å². The van der Waals surface area contributed by atoms with Gasteiger partial charge in [0.05, 0.1) is 24.0 Å². The summed E-state index contributed by atoms with van der Waals surface area (Å²) < 4.78 is 7.49. The lowest BCUT2D eigenvalue weighted by Gasteiger charge is -2.36. The Morgan fingerprint density at radius 2 is 1.83 bits per heavy atom. The molecule has 3 heterocycles. The summed E-state index contributed by atoms with van der Waals surface area (Å²) in [7, 11) is 1.69. The van der Waals surface area contributed by atoms with E-state index in [1.807, 2.05) is 29.7 Å². The molecule has 0 amide bonds. The minimum Gasteiger partial charge on any atom is -0.495 e. The van der Waals surface area contributed by atoms with Crippen molar-refractivity contribution in [3.8, 4) is 5.75 Å². The van der Waals surface area contributed by atoms with Gasteiger partial charge in [-0.3, -0.25) is 10.1 Å². The molecule has 11 nitrogen and oxygen atoms in total. The maximum atomic E-state index is 11.2. The molecule has 0 spiro atoms. The molecule has 4 aromatic rings. The lowest BCUT2D eigenvalue weighted by Crippen LogP contribution is -2.47. The zero-order valence-corrected chi connectivity index (χ0v) is 19.6. The molecule has 1 N–H and O–H groups in total. The molecule has 0 atom stereocenters. The third-order valence-electron chi connectivity index (χ3n) is 6.10. The first-order chi connectivity index (χ1) is 17.1. The Morgan fingerprint density at radius 1 is 1.06 bits per heavy atom. The lowest BCUT2D eigenvalue weighted by atomic mass is 10.2. The van der Waals surface area contributed by atoms with Gasteiger partial charge in [-0.1, -0.05) is 18.2 Å². The van der Waals surface area contributed by atoms with Crippen LogP contribution in [0.25, 0.3) is 11.2 Å². The number of para-hydroxylation sites is 2. The smallest absolute Gasteiger partial charge is 0.271 e. The zero-order chi connectivity index (χ0) is 24.4. The standard InChI is InChI=1S/C24H26N8O3/c1-3-29-16-25-21-22(26-17-7-6-8-18(15-17)32(33)34)27-24(28-23(21)29)31-13-11-30(12-14-31)19-9-4-5-10-20(19)35-2/h4-10,15-16H,3,11-14H2,1-2H3,(H,26,27,28). The molecule has 0 radical (unpaired) electrons. The normalized spacial score (nSPS) is 13.8. The van der Waals surface area contributed by atoms with Gasteiger partial charge in [-0.15, -0.1) is 0 Å². The van der Waals surface area contributed by atoms with Gasteiger partial charge in [0.1, 0.15) is 5.75 Å². The van der Waals surface area contributed by atoms with E-state index in [2.05, 4.69) is 26.2 Å². The Bertz CT molecular complexity index is 1360. The summed E-state index contributed by atoms with van der Waals surface area (Å²) in [6, 6.07) is 14.4. The number of hydrogen-bond donors (Lipinski definition) is 1. The van der Waals surface area contributed by atoms with E-state index < -0.39 is 4.92 Å². The molecule has 180 valence electrons. The van der Waals surface area contributed by atoms with Crippen molar-refractivity contribution in [2.45, 2.75) is 13.5 Å². The topological polar surface area (TPSA) is 114 Å². The Kier molecular flexibility index (Phi) is 6.04. The Balaban J connectivity index is 1.44. The molecular formula is C24H26N8O3. The number of nitrogens with one attached hydrogen (secondary N) is 1. The van der Waals surface area contributed by atoms with Crippen LogP contribution in [0, 0.1) is 10.1 Å². The first-order valence-corrected chi connectivity index (χ1v) is 11.4. The van der Waals surface area contributed by atoms with Crippen LogP contribution in [-0.2, 0) is 6.54 Å². The average Bonchev–Trinajstić information content (AvgIpc) is 3.32. The van der Waals surface area contributed by atoms with E-state index >= 15 is 0 Å². The number of anilines is 4. The lowest BCUT2D eigenvalue weighted by molar-refractivity contribution is -0.384. The van der Waals surface area contributed by atoms with Crippen molar-refractivity contribution in [3.63, 3.8) is 0 Å². The summed E-state index contributed by atoms with van der Waals surface area (Å²) in [6.07, 6.45) is 1.74. The first kappa shape index (κ1) is 22.4. The maximum Gasteiger partial charge on any atom is 0.271 e. The van der Waals surface area contributed by atoms with Gasteiger partial charge in [0.25, 0.3) is 5.69 Å². The van der Waals surface area contributed by atoms with Crippen LogP contribution in [0.1, 0.15) is 6.92 Å². The van der Waals surface area contributed by atoms with Gasteiger partial charge in [-0.05, 0) is 25.1 Å². The molecule has 1 fully saturated rings. The first-order valence-electron chi connectivity index (χ1n) is 11.4. The highest BCUT2D eigenvalue weighted by atomic mass is 16.6. The summed E-state index contributed by atoms with van der Waals surface area (Å²) in [6.45, 7) is 5.80. The van der Waals surface area contributed by atoms with Gasteiger partial charge in [-0.2, -0.15) is 9.97 Å². The van der Waals surface area contributed by atoms with Crippen LogP contribution in [0.3, 0.4) is 0 Å².